The Morgan fingerprint density at radius 2 is 2.00 bits per heavy atom. The lowest BCUT2D eigenvalue weighted by Gasteiger charge is -2.02. The van der Waals surface area contributed by atoms with Crippen molar-refractivity contribution in [3.63, 3.8) is 0 Å². The van der Waals surface area contributed by atoms with Gasteiger partial charge in [-0.05, 0) is 31.0 Å². The summed E-state index contributed by atoms with van der Waals surface area (Å²) < 4.78 is 5.26. The maximum absolute atomic E-state index is 11.7. The lowest BCUT2D eigenvalue weighted by atomic mass is 10.1. The van der Waals surface area contributed by atoms with Crippen LogP contribution in [-0.4, -0.2) is 0 Å². The molecule has 3 heteroatoms. The second kappa shape index (κ2) is 2.87. The number of benzene rings is 1. The molecule has 0 aliphatic rings. The van der Waals surface area contributed by atoms with Crippen LogP contribution in [0.4, 0.5) is 5.69 Å². The summed E-state index contributed by atoms with van der Waals surface area (Å²) in [5.41, 5.74) is 8.07. The van der Waals surface area contributed by atoms with Gasteiger partial charge in [0.15, 0.2) is 0 Å². The molecule has 0 unspecified atom stereocenters. The van der Waals surface area contributed by atoms with Gasteiger partial charge >= 0.3 is 0 Å². The maximum atomic E-state index is 11.7. The average molecular weight is 189 g/mol. The molecule has 0 amide bonds. The molecule has 2 N–H and O–H groups in total. The van der Waals surface area contributed by atoms with Crippen LogP contribution in [0.2, 0.25) is 0 Å². The Morgan fingerprint density at radius 1 is 1.29 bits per heavy atom. The van der Waals surface area contributed by atoms with Gasteiger partial charge in [-0.15, -0.1) is 0 Å². The van der Waals surface area contributed by atoms with Crippen LogP contribution >= 0.6 is 0 Å². The standard InChI is InChI=1S/C11H11NO2/c1-6-3-7(2)10-9(4-6)14-5-8(12)11(10)13/h3-5H,12H2,1-2H3. The third kappa shape index (κ3) is 1.18. The molecule has 14 heavy (non-hydrogen) atoms. The molecule has 0 radical (unpaired) electrons. The fraction of sp³-hybridized carbons (Fsp3) is 0.182. The van der Waals surface area contributed by atoms with Crippen molar-refractivity contribution in [2.24, 2.45) is 0 Å². The van der Waals surface area contributed by atoms with Crippen LogP contribution in [0.3, 0.4) is 0 Å². The van der Waals surface area contributed by atoms with E-state index in [0.29, 0.717) is 11.0 Å². The molecule has 72 valence electrons. The van der Waals surface area contributed by atoms with Crippen molar-refractivity contribution >= 4 is 16.7 Å². The minimum absolute atomic E-state index is 0.149. The largest absolute Gasteiger partial charge is 0.462 e. The van der Waals surface area contributed by atoms with Crippen LogP contribution in [-0.2, 0) is 0 Å². The summed E-state index contributed by atoms with van der Waals surface area (Å²) in [5.74, 6) is 0. The van der Waals surface area contributed by atoms with Gasteiger partial charge in [0.2, 0.25) is 5.43 Å². The Bertz CT molecular complexity index is 555. The van der Waals surface area contributed by atoms with E-state index in [0.717, 1.165) is 11.1 Å². The molecule has 0 saturated carbocycles. The van der Waals surface area contributed by atoms with Gasteiger partial charge in [-0.25, -0.2) is 0 Å². The first-order valence-electron chi connectivity index (χ1n) is 4.38. The van der Waals surface area contributed by atoms with Crippen molar-refractivity contribution in [2.45, 2.75) is 13.8 Å². The minimum atomic E-state index is -0.149. The Morgan fingerprint density at radius 3 is 2.71 bits per heavy atom. The van der Waals surface area contributed by atoms with Gasteiger partial charge in [0.1, 0.15) is 17.5 Å². The van der Waals surface area contributed by atoms with Crippen molar-refractivity contribution in [3.05, 3.63) is 39.7 Å². The summed E-state index contributed by atoms with van der Waals surface area (Å²) in [6, 6.07) is 3.78. The van der Waals surface area contributed by atoms with Crippen LogP contribution in [0, 0.1) is 13.8 Å². The van der Waals surface area contributed by atoms with Crippen molar-refractivity contribution in [3.8, 4) is 0 Å². The third-order valence-electron chi connectivity index (χ3n) is 2.25. The molecule has 1 aromatic heterocycles. The third-order valence-corrected chi connectivity index (χ3v) is 2.25. The molecule has 1 heterocycles. The number of hydrogen-bond donors (Lipinski definition) is 1. The summed E-state index contributed by atoms with van der Waals surface area (Å²) in [6.07, 6.45) is 1.30. The summed E-state index contributed by atoms with van der Waals surface area (Å²) in [4.78, 5) is 11.7. The molecule has 1 aromatic carbocycles. The Labute approximate surface area is 81.1 Å². The van der Waals surface area contributed by atoms with E-state index in [9.17, 15) is 4.79 Å². The smallest absolute Gasteiger partial charge is 0.215 e. The second-order valence-electron chi connectivity index (χ2n) is 3.48. The van der Waals surface area contributed by atoms with Crippen LogP contribution in [0.5, 0.6) is 0 Å². The second-order valence-corrected chi connectivity index (χ2v) is 3.48. The topological polar surface area (TPSA) is 56.2 Å². The number of fused-ring (bicyclic) bond motifs is 1. The van der Waals surface area contributed by atoms with Gasteiger partial charge in [0.05, 0.1) is 5.39 Å². The average Bonchev–Trinajstić information content (AvgIpc) is 2.10. The minimum Gasteiger partial charge on any atom is -0.462 e. The lowest BCUT2D eigenvalue weighted by Crippen LogP contribution is -2.08. The highest BCUT2D eigenvalue weighted by atomic mass is 16.3. The van der Waals surface area contributed by atoms with Gasteiger partial charge in [-0.2, -0.15) is 0 Å². The lowest BCUT2D eigenvalue weighted by molar-refractivity contribution is 0.605. The number of rotatable bonds is 0. The molecule has 2 rings (SSSR count). The summed E-state index contributed by atoms with van der Waals surface area (Å²) in [5, 5.41) is 0.579. The predicted octanol–water partition coefficient (Wildman–Crippen LogP) is 1.99. The summed E-state index contributed by atoms with van der Waals surface area (Å²) in [6.45, 7) is 3.84. The first kappa shape index (κ1) is 8.81. The summed E-state index contributed by atoms with van der Waals surface area (Å²) >= 11 is 0. The van der Waals surface area contributed by atoms with E-state index in [1.807, 2.05) is 26.0 Å². The first-order chi connectivity index (χ1) is 6.59. The molecule has 0 spiro atoms. The fourth-order valence-electron chi connectivity index (χ4n) is 1.64. The Balaban J connectivity index is 3.03. The zero-order chi connectivity index (χ0) is 10.3. The van der Waals surface area contributed by atoms with E-state index in [1.54, 1.807) is 0 Å². The molecule has 0 saturated heterocycles. The van der Waals surface area contributed by atoms with E-state index in [2.05, 4.69) is 0 Å². The zero-order valence-electron chi connectivity index (χ0n) is 8.13. The van der Waals surface area contributed by atoms with Gasteiger partial charge in [-0.3, -0.25) is 4.79 Å². The van der Waals surface area contributed by atoms with Gasteiger partial charge in [-0.1, -0.05) is 6.07 Å². The Kier molecular flexibility index (Phi) is 1.81. The van der Waals surface area contributed by atoms with Crippen LogP contribution in [0.15, 0.2) is 27.6 Å². The summed E-state index contributed by atoms with van der Waals surface area (Å²) in [7, 11) is 0. The van der Waals surface area contributed by atoms with Crippen molar-refractivity contribution in [1.29, 1.82) is 0 Å². The Hall–Kier alpha value is -1.77. The van der Waals surface area contributed by atoms with Gasteiger partial charge in [0, 0.05) is 0 Å². The number of hydrogen-bond acceptors (Lipinski definition) is 3. The highest BCUT2D eigenvalue weighted by Gasteiger charge is 2.07. The van der Waals surface area contributed by atoms with E-state index in [1.165, 1.54) is 6.26 Å². The molecule has 0 aliphatic carbocycles. The SMILES string of the molecule is Cc1cc(C)c2c(=O)c(N)coc2c1. The molecule has 0 bridgehead atoms. The van der Waals surface area contributed by atoms with E-state index >= 15 is 0 Å². The quantitative estimate of drug-likeness (QED) is 0.689. The molecule has 0 atom stereocenters. The highest BCUT2D eigenvalue weighted by Crippen LogP contribution is 2.18. The maximum Gasteiger partial charge on any atom is 0.215 e. The van der Waals surface area contributed by atoms with Gasteiger partial charge < -0.3 is 10.2 Å². The van der Waals surface area contributed by atoms with Gasteiger partial charge in [0.25, 0.3) is 0 Å². The molecule has 0 fully saturated rings. The number of nitrogens with two attached hydrogens (primary N) is 1. The normalized spacial score (nSPS) is 10.7. The van der Waals surface area contributed by atoms with Crippen molar-refractivity contribution in [1.82, 2.24) is 0 Å². The molecular formula is C11H11NO2. The highest BCUT2D eigenvalue weighted by molar-refractivity contribution is 5.83. The first-order valence-corrected chi connectivity index (χ1v) is 4.38. The zero-order valence-corrected chi connectivity index (χ0v) is 8.13. The van der Waals surface area contributed by atoms with Crippen molar-refractivity contribution < 1.29 is 4.42 Å². The van der Waals surface area contributed by atoms with Crippen LogP contribution in [0.25, 0.3) is 11.0 Å². The van der Waals surface area contributed by atoms with E-state index < -0.39 is 0 Å². The number of aryl methyl sites for hydroxylation is 2. The van der Waals surface area contributed by atoms with Crippen molar-refractivity contribution in [2.75, 3.05) is 5.73 Å². The molecule has 2 aromatic rings. The van der Waals surface area contributed by atoms with Crippen LogP contribution < -0.4 is 11.2 Å². The van der Waals surface area contributed by atoms with E-state index in [-0.39, 0.29) is 11.1 Å². The predicted molar refractivity (Wildman–Crippen MR) is 56.4 cm³/mol. The monoisotopic (exact) mass is 189 g/mol. The molecule has 3 nitrogen and oxygen atoms in total. The number of anilines is 1. The molecule has 0 aliphatic heterocycles. The number of nitrogen functional groups attached to an aromatic ring is 1. The van der Waals surface area contributed by atoms with Crippen LogP contribution in [0.1, 0.15) is 11.1 Å². The van der Waals surface area contributed by atoms with E-state index in [4.69, 9.17) is 10.2 Å². The fourth-order valence-corrected chi connectivity index (χ4v) is 1.64. The molecular weight excluding hydrogens is 178 g/mol.